The van der Waals surface area contributed by atoms with E-state index in [1.807, 2.05) is 25.9 Å². The zero-order valence-corrected chi connectivity index (χ0v) is 19.1. The molecule has 1 aliphatic heterocycles. The highest BCUT2D eigenvalue weighted by molar-refractivity contribution is 6.46. The molecule has 1 saturated heterocycles. The Bertz CT molecular complexity index is 1030. The number of carbonyl (C=O) groups excluding carboxylic acids is 2. The molecule has 170 valence electrons. The summed E-state index contributed by atoms with van der Waals surface area (Å²) in [6, 6.07) is 10.2. The summed E-state index contributed by atoms with van der Waals surface area (Å²) >= 11 is 6.16. The van der Waals surface area contributed by atoms with Crippen molar-refractivity contribution in [2.24, 2.45) is 0 Å². The number of ketones is 1. The van der Waals surface area contributed by atoms with Gasteiger partial charge < -0.3 is 24.7 Å². The molecule has 1 amide bonds. The number of aliphatic hydroxyl groups excluding tert-OH is 1. The van der Waals surface area contributed by atoms with E-state index >= 15 is 0 Å². The number of rotatable bonds is 8. The van der Waals surface area contributed by atoms with E-state index in [4.69, 9.17) is 16.3 Å². The molecule has 1 heterocycles. The Balaban J connectivity index is 2.10. The highest BCUT2D eigenvalue weighted by Gasteiger charge is 2.45. The molecule has 1 aliphatic rings. The average Bonchev–Trinajstić information content (AvgIpc) is 3.00. The van der Waals surface area contributed by atoms with Gasteiger partial charge in [0.2, 0.25) is 0 Å². The number of amides is 1. The van der Waals surface area contributed by atoms with Crippen LogP contribution in [0.1, 0.15) is 30.5 Å². The van der Waals surface area contributed by atoms with Gasteiger partial charge in [0.1, 0.15) is 17.3 Å². The number of likely N-dealkylation sites (tertiary alicyclic amines) is 1. The largest absolute Gasteiger partial charge is 0.508 e. The summed E-state index contributed by atoms with van der Waals surface area (Å²) in [7, 11) is 3.87. The predicted molar refractivity (Wildman–Crippen MR) is 123 cm³/mol. The Kier molecular flexibility index (Phi) is 7.43. The maximum Gasteiger partial charge on any atom is 0.295 e. The van der Waals surface area contributed by atoms with Gasteiger partial charge in [0.05, 0.1) is 23.2 Å². The SMILES string of the molecule is CCOc1cc(/C(O)=C2/C(=O)C(=O)N(CCCN(C)C)C2c2ccc(O)cc2)ccc1Cl. The Morgan fingerprint density at radius 1 is 1.16 bits per heavy atom. The zero-order valence-electron chi connectivity index (χ0n) is 18.3. The van der Waals surface area contributed by atoms with Crippen LogP contribution in [0.2, 0.25) is 5.02 Å². The van der Waals surface area contributed by atoms with E-state index in [-0.39, 0.29) is 17.1 Å². The Morgan fingerprint density at radius 3 is 2.47 bits per heavy atom. The summed E-state index contributed by atoms with van der Waals surface area (Å²) in [4.78, 5) is 29.4. The molecule has 0 radical (unpaired) electrons. The third-order valence-corrected chi connectivity index (χ3v) is 5.57. The van der Waals surface area contributed by atoms with Crippen LogP contribution in [0.25, 0.3) is 5.76 Å². The van der Waals surface area contributed by atoms with Crippen molar-refractivity contribution in [3.8, 4) is 11.5 Å². The van der Waals surface area contributed by atoms with Gasteiger partial charge >= 0.3 is 0 Å². The Labute approximate surface area is 192 Å². The van der Waals surface area contributed by atoms with Crippen LogP contribution in [0.15, 0.2) is 48.0 Å². The van der Waals surface area contributed by atoms with Crippen molar-refractivity contribution in [2.45, 2.75) is 19.4 Å². The number of phenolic OH excluding ortho intramolecular Hbond substituents is 1. The standard InChI is InChI=1S/C24H27ClN2O5/c1-4-32-19-14-16(8-11-18(19)25)22(29)20-21(15-6-9-17(28)10-7-15)27(24(31)23(20)30)13-5-12-26(2)3/h6-11,14,21,28-29H,4-5,12-13H2,1-3H3/b22-20-. The highest BCUT2D eigenvalue weighted by atomic mass is 35.5. The van der Waals surface area contributed by atoms with E-state index in [1.165, 1.54) is 17.0 Å². The van der Waals surface area contributed by atoms with Gasteiger partial charge in [-0.2, -0.15) is 0 Å². The van der Waals surface area contributed by atoms with Gasteiger partial charge in [-0.05, 0) is 69.9 Å². The number of carbonyl (C=O) groups is 2. The third kappa shape index (κ3) is 4.89. The lowest BCUT2D eigenvalue weighted by Gasteiger charge is -2.26. The fraction of sp³-hybridized carbons (Fsp3) is 0.333. The summed E-state index contributed by atoms with van der Waals surface area (Å²) in [6.07, 6.45) is 0.657. The molecular weight excluding hydrogens is 432 g/mol. The van der Waals surface area contributed by atoms with Crippen LogP contribution in [-0.4, -0.2) is 65.5 Å². The maximum absolute atomic E-state index is 13.0. The van der Waals surface area contributed by atoms with Crippen molar-refractivity contribution in [1.29, 1.82) is 0 Å². The first-order valence-electron chi connectivity index (χ1n) is 10.4. The van der Waals surface area contributed by atoms with Gasteiger partial charge in [-0.3, -0.25) is 9.59 Å². The minimum absolute atomic E-state index is 0.00434. The van der Waals surface area contributed by atoms with E-state index in [1.54, 1.807) is 30.3 Å². The van der Waals surface area contributed by atoms with Gasteiger partial charge in [0, 0.05) is 12.1 Å². The molecule has 0 aromatic heterocycles. The molecule has 2 N–H and O–H groups in total. The molecule has 3 rings (SSSR count). The second-order valence-corrected chi connectivity index (χ2v) is 8.23. The van der Waals surface area contributed by atoms with E-state index in [2.05, 4.69) is 0 Å². The summed E-state index contributed by atoms with van der Waals surface area (Å²) in [5, 5.41) is 21.2. The topological polar surface area (TPSA) is 90.3 Å². The second-order valence-electron chi connectivity index (χ2n) is 7.82. The molecule has 0 bridgehead atoms. The minimum Gasteiger partial charge on any atom is -0.508 e. The average molecular weight is 459 g/mol. The number of hydrogen-bond acceptors (Lipinski definition) is 6. The van der Waals surface area contributed by atoms with E-state index < -0.39 is 17.7 Å². The van der Waals surface area contributed by atoms with E-state index in [0.717, 1.165) is 6.54 Å². The lowest BCUT2D eigenvalue weighted by atomic mass is 9.95. The zero-order chi connectivity index (χ0) is 23.4. The monoisotopic (exact) mass is 458 g/mol. The number of phenols is 1. The van der Waals surface area contributed by atoms with Crippen LogP contribution in [0, 0.1) is 0 Å². The fourth-order valence-electron chi connectivity index (χ4n) is 3.74. The molecular formula is C24H27ClN2O5. The van der Waals surface area contributed by atoms with Crippen molar-refractivity contribution in [1.82, 2.24) is 9.80 Å². The fourth-order valence-corrected chi connectivity index (χ4v) is 3.92. The quantitative estimate of drug-likeness (QED) is 0.355. The molecule has 8 heteroatoms. The Hall–Kier alpha value is -3.03. The van der Waals surface area contributed by atoms with Crippen LogP contribution in [0.5, 0.6) is 11.5 Å². The van der Waals surface area contributed by atoms with Gasteiger partial charge in [-0.15, -0.1) is 0 Å². The molecule has 1 fully saturated rings. The molecule has 7 nitrogen and oxygen atoms in total. The summed E-state index contributed by atoms with van der Waals surface area (Å²) in [5.41, 5.74) is 0.940. The first-order valence-corrected chi connectivity index (χ1v) is 10.8. The predicted octanol–water partition coefficient (Wildman–Crippen LogP) is 3.82. The summed E-state index contributed by atoms with van der Waals surface area (Å²) in [5.74, 6) is -1.27. The highest BCUT2D eigenvalue weighted by Crippen LogP contribution is 2.40. The van der Waals surface area contributed by atoms with Crippen molar-refractivity contribution in [3.63, 3.8) is 0 Å². The second kappa shape index (κ2) is 10.1. The minimum atomic E-state index is -0.774. The van der Waals surface area contributed by atoms with Crippen LogP contribution >= 0.6 is 11.6 Å². The maximum atomic E-state index is 13.0. The molecule has 2 aromatic carbocycles. The molecule has 0 spiro atoms. The number of nitrogens with zero attached hydrogens (tertiary/aromatic N) is 2. The van der Waals surface area contributed by atoms with Crippen molar-refractivity contribution >= 4 is 29.1 Å². The molecule has 2 aromatic rings. The van der Waals surface area contributed by atoms with Gasteiger partial charge in [-0.25, -0.2) is 0 Å². The molecule has 0 saturated carbocycles. The lowest BCUT2D eigenvalue weighted by Crippen LogP contribution is -2.32. The van der Waals surface area contributed by atoms with Gasteiger partial charge in [-0.1, -0.05) is 23.7 Å². The first kappa shape index (κ1) is 23.6. The number of hydrogen-bond donors (Lipinski definition) is 2. The molecule has 0 aliphatic carbocycles. The molecule has 1 atom stereocenters. The third-order valence-electron chi connectivity index (χ3n) is 5.26. The van der Waals surface area contributed by atoms with Crippen LogP contribution < -0.4 is 4.74 Å². The van der Waals surface area contributed by atoms with Crippen LogP contribution in [-0.2, 0) is 9.59 Å². The van der Waals surface area contributed by atoms with Crippen molar-refractivity contribution < 1.29 is 24.5 Å². The van der Waals surface area contributed by atoms with Gasteiger partial charge in [0.25, 0.3) is 11.7 Å². The number of Topliss-reactive ketones (excluding diaryl/α,β-unsaturated/α-hetero) is 1. The number of aromatic hydroxyl groups is 1. The van der Waals surface area contributed by atoms with E-state index in [0.29, 0.717) is 41.5 Å². The number of aliphatic hydroxyl groups is 1. The summed E-state index contributed by atoms with van der Waals surface area (Å²) < 4.78 is 5.50. The number of halogens is 1. The normalized spacial score (nSPS) is 17.9. The van der Waals surface area contributed by atoms with E-state index in [9.17, 15) is 19.8 Å². The molecule has 32 heavy (non-hydrogen) atoms. The Morgan fingerprint density at radius 2 is 1.84 bits per heavy atom. The smallest absolute Gasteiger partial charge is 0.295 e. The summed E-state index contributed by atoms with van der Waals surface area (Å²) in [6.45, 7) is 3.27. The van der Waals surface area contributed by atoms with Crippen molar-refractivity contribution in [2.75, 3.05) is 33.8 Å². The van der Waals surface area contributed by atoms with Gasteiger partial charge in [0.15, 0.2) is 0 Å². The lowest BCUT2D eigenvalue weighted by molar-refractivity contribution is -0.139. The van der Waals surface area contributed by atoms with Crippen LogP contribution in [0.4, 0.5) is 0 Å². The van der Waals surface area contributed by atoms with Crippen LogP contribution in [0.3, 0.4) is 0 Å². The number of benzene rings is 2. The molecule has 1 unspecified atom stereocenters. The van der Waals surface area contributed by atoms with Crippen molar-refractivity contribution in [3.05, 3.63) is 64.2 Å². The number of ether oxygens (including phenoxy) is 1. The first-order chi connectivity index (χ1) is 15.2.